The number of carboxylic acid groups (broad SMARTS) is 1. The Kier molecular flexibility index (Phi) is 22.2. The van der Waals surface area contributed by atoms with Crippen LogP contribution in [-0.2, 0) is 21.6 Å². The molecule has 0 aromatic heterocycles. The zero-order chi connectivity index (χ0) is 9.98. The molecule has 0 spiro atoms. The maximum Gasteiger partial charge on any atom is 0.337 e. The molecule has 83 valence electrons. The second-order valence-electron chi connectivity index (χ2n) is 2.20. The molecule has 0 fully saturated rings. The van der Waals surface area contributed by atoms with Crippen molar-refractivity contribution < 1.29 is 26.7 Å². The molecule has 0 aromatic rings. The maximum absolute atomic E-state index is 9.44. The molecule has 0 bridgehead atoms. The molecule has 0 heterocycles. The van der Waals surface area contributed by atoms with Gasteiger partial charge in [-0.3, -0.25) is 0 Å². The van der Waals surface area contributed by atoms with Gasteiger partial charge >= 0.3 is 5.97 Å². The molecule has 0 saturated carbocycles. The number of aliphatic carboxylic acids is 1. The van der Waals surface area contributed by atoms with Crippen LogP contribution < -0.4 is 0 Å². The van der Waals surface area contributed by atoms with Crippen molar-refractivity contribution in [2.75, 3.05) is 0 Å². The van der Waals surface area contributed by atoms with E-state index in [1.54, 1.807) is 0 Å². The number of alkyl halides is 2. The molecule has 0 amide bonds. The van der Waals surface area contributed by atoms with Crippen molar-refractivity contribution in [1.82, 2.24) is 0 Å². The van der Waals surface area contributed by atoms with Crippen LogP contribution in [0.1, 0.15) is 32.6 Å². The van der Waals surface area contributed by atoms with Gasteiger partial charge in [0.1, 0.15) is 0 Å². The Morgan fingerprint density at radius 1 is 1.46 bits per heavy atom. The Balaban J connectivity index is -0.000000143. The first-order valence-corrected chi connectivity index (χ1v) is 4.73. The first-order chi connectivity index (χ1) is 5.56. The summed E-state index contributed by atoms with van der Waals surface area (Å²) in [5, 5.41) is 7.73. The number of rotatable bonds is 4. The van der Waals surface area contributed by atoms with Crippen molar-refractivity contribution in [3.8, 4) is 0 Å². The first kappa shape index (κ1) is 19.2. The molecule has 0 atom stereocenters. The van der Waals surface area contributed by atoms with E-state index < -0.39 is 10.8 Å². The summed E-state index contributed by atoms with van der Waals surface area (Å²) >= 11 is 9.56. The van der Waals surface area contributed by atoms with Gasteiger partial charge in [0.05, 0.1) is 0 Å². The van der Waals surface area contributed by atoms with Crippen LogP contribution in [0.4, 0.5) is 0 Å². The molecule has 0 rings (SSSR count). The van der Waals surface area contributed by atoms with Gasteiger partial charge in [0.2, 0.25) is 4.84 Å². The van der Waals surface area contributed by atoms with E-state index in [0.717, 1.165) is 6.42 Å². The van der Waals surface area contributed by atoms with Crippen LogP contribution in [0.2, 0.25) is 0 Å². The summed E-state index contributed by atoms with van der Waals surface area (Å²) in [6.07, 6.45) is 5.07. The summed E-state index contributed by atoms with van der Waals surface area (Å²) in [6.45, 7) is 5.93. The molecular weight excluding hydrogens is 258 g/mol. The van der Waals surface area contributed by atoms with Gasteiger partial charge < -0.3 is 12.0 Å². The Morgan fingerprint density at radius 3 is 1.92 bits per heavy atom. The van der Waals surface area contributed by atoms with E-state index in [0.29, 0.717) is 0 Å². The second-order valence-corrected chi connectivity index (χ2v) is 3.30. The molecule has 1 radical (unpaired) electrons. The minimum atomic E-state index is -1.29. The largest absolute Gasteiger partial charge is 0.479 e. The van der Waals surface area contributed by atoms with Gasteiger partial charge in [-0.05, 0) is 0 Å². The van der Waals surface area contributed by atoms with Gasteiger partial charge in [-0.1, -0.05) is 49.4 Å². The molecule has 0 saturated heterocycles. The Bertz CT molecular complexity index is 106. The first-order valence-electron chi connectivity index (χ1n) is 3.86. The fourth-order valence-corrected chi connectivity index (χ4v) is 0.427. The monoisotopic (exact) mass is 272 g/mol. The third-order valence-corrected chi connectivity index (χ3v) is 1.41. The van der Waals surface area contributed by atoms with E-state index in [1.807, 2.05) is 0 Å². The number of carboxylic acids is 1. The summed E-state index contributed by atoms with van der Waals surface area (Å²) in [5.74, 6) is -1.21. The van der Waals surface area contributed by atoms with Gasteiger partial charge in [-0.15, -0.1) is 0 Å². The normalized spacial score (nSPS) is 8.38. The van der Waals surface area contributed by atoms with Crippen LogP contribution in [0.3, 0.4) is 0 Å². The zero-order valence-corrected chi connectivity index (χ0v) is 10.1. The predicted molar refractivity (Wildman–Crippen MR) is 52.6 cm³/mol. The molecule has 0 aliphatic rings. The number of carbonyl (C=O) groups is 1. The Hall–Kier alpha value is 0.556. The van der Waals surface area contributed by atoms with Crippen molar-refractivity contribution in [3.63, 3.8) is 0 Å². The van der Waals surface area contributed by atoms with Crippen molar-refractivity contribution >= 4 is 29.2 Å². The Labute approximate surface area is 100 Å². The summed E-state index contributed by atoms with van der Waals surface area (Å²) < 4.78 is 0. The van der Waals surface area contributed by atoms with Crippen LogP contribution in [0.25, 0.3) is 0 Å². The van der Waals surface area contributed by atoms with Gasteiger partial charge in [0, 0.05) is 16.8 Å². The van der Waals surface area contributed by atoms with Gasteiger partial charge in [-0.25, -0.2) is 4.79 Å². The molecule has 13 heavy (non-hydrogen) atoms. The fraction of sp³-hybridized carbons (Fsp3) is 0.750. The third kappa shape index (κ3) is 24.5. The number of unbranched alkanes of at least 4 members (excludes halogenated alkanes) is 3. The second kappa shape index (κ2) is 15.0. The van der Waals surface area contributed by atoms with E-state index in [4.69, 9.17) is 28.3 Å². The number of hydrogen-bond acceptors (Lipinski definition) is 1. The van der Waals surface area contributed by atoms with Crippen molar-refractivity contribution in [3.05, 3.63) is 6.92 Å². The van der Waals surface area contributed by atoms with Crippen LogP contribution in [-0.4, -0.2) is 15.9 Å². The van der Waals surface area contributed by atoms with Crippen LogP contribution in [0.15, 0.2) is 0 Å². The van der Waals surface area contributed by atoms with E-state index in [1.165, 1.54) is 19.3 Å². The molecule has 0 unspecified atom stereocenters. The van der Waals surface area contributed by atoms with Crippen LogP contribution in [0.5, 0.6) is 0 Å². The molecule has 0 aliphatic heterocycles. The molecule has 0 aliphatic carbocycles. The molecule has 2 nitrogen and oxygen atoms in total. The van der Waals surface area contributed by atoms with E-state index in [9.17, 15) is 4.79 Å². The quantitative estimate of drug-likeness (QED) is 0.485. The number of hydrogen-bond donors (Lipinski definition) is 1. The van der Waals surface area contributed by atoms with Crippen LogP contribution in [0, 0.1) is 6.92 Å². The maximum atomic E-state index is 9.44. The third-order valence-electron chi connectivity index (χ3n) is 1.04. The summed E-state index contributed by atoms with van der Waals surface area (Å²) in [4.78, 5) is 8.15. The molecule has 0 aromatic carbocycles. The summed E-state index contributed by atoms with van der Waals surface area (Å²) in [6, 6.07) is 0. The van der Waals surface area contributed by atoms with Crippen molar-refractivity contribution in [2.45, 2.75) is 37.4 Å². The standard InChI is InChI=1S/C6H13.C2H2Cl2O2.Co/c1-3-5-6-4-2;3-1(4)2(5)6;/h1,3-6H2,2H3;1H,(H,5,6);/q-1;;. The van der Waals surface area contributed by atoms with Gasteiger partial charge in [-0.2, -0.15) is 6.42 Å². The molecule has 5 heteroatoms. The van der Waals surface area contributed by atoms with E-state index >= 15 is 0 Å². The van der Waals surface area contributed by atoms with Crippen molar-refractivity contribution in [2.24, 2.45) is 0 Å². The predicted octanol–water partition coefficient (Wildman–Crippen LogP) is 3.27. The topological polar surface area (TPSA) is 37.3 Å². The average Bonchev–Trinajstić information content (AvgIpc) is 2.02. The van der Waals surface area contributed by atoms with E-state index in [2.05, 4.69) is 13.8 Å². The summed E-state index contributed by atoms with van der Waals surface area (Å²) in [5.41, 5.74) is 0. The van der Waals surface area contributed by atoms with Crippen molar-refractivity contribution in [1.29, 1.82) is 0 Å². The summed E-state index contributed by atoms with van der Waals surface area (Å²) in [7, 11) is 0. The average molecular weight is 273 g/mol. The van der Waals surface area contributed by atoms with Crippen LogP contribution >= 0.6 is 23.2 Å². The van der Waals surface area contributed by atoms with Gasteiger partial charge in [0.15, 0.2) is 0 Å². The van der Waals surface area contributed by atoms with Gasteiger partial charge in [0.25, 0.3) is 0 Å². The Morgan fingerprint density at radius 2 is 1.85 bits per heavy atom. The molecule has 1 N–H and O–H groups in total. The molecular formula is C8H15Cl2CoO2-. The zero-order valence-electron chi connectivity index (χ0n) is 7.56. The smallest absolute Gasteiger partial charge is 0.337 e. The SMILES string of the molecule is O=C(O)C(Cl)Cl.[CH2-]CCCCC.[Co]. The fourth-order valence-electron chi connectivity index (χ4n) is 0.427. The number of halogens is 2. The minimum absolute atomic E-state index is 0. The minimum Gasteiger partial charge on any atom is -0.479 e. The van der Waals surface area contributed by atoms with E-state index in [-0.39, 0.29) is 16.8 Å².